The molecule has 0 aliphatic carbocycles. The molecule has 0 atom stereocenters. The van der Waals surface area contributed by atoms with Gasteiger partial charge in [-0.3, -0.25) is 5.10 Å². The fourth-order valence-corrected chi connectivity index (χ4v) is 2.30. The highest BCUT2D eigenvalue weighted by atomic mass is 35.5. The second-order valence-corrected chi connectivity index (χ2v) is 5.09. The van der Waals surface area contributed by atoms with Crippen molar-refractivity contribution in [3.05, 3.63) is 59.0 Å². The molecule has 1 aromatic heterocycles. The molecule has 0 fully saturated rings. The molecule has 2 aromatic carbocycles. The summed E-state index contributed by atoms with van der Waals surface area (Å²) >= 11 is 5.90. The highest BCUT2D eigenvalue weighted by Gasteiger charge is 2.09. The predicted octanol–water partition coefficient (Wildman–Crippen LogP) is 3.68. The first-order valence-electron chi connectivity index (χ1n) is 6.54. The van der Waals surface area contributed by atoms with Crippen molar-refractivity contribution in [2.45, 2.75) is 6.54 Å². The van der Waals surface area contributed by atoms with E-state index >= 15 is 0 Å². The Balaban J connectivity index is 1.65. The molecule has 0 radical (unpaired) electrons. The van der Waals surface area contributed by atoms with Gasteiger partial charge in [-0.15, -0.1) is 0 Å². The number of halogens is 2. The van der Waals surface area contributed by atoms with Gasteiger partial charge in [-0.2, -0.15) is 5.10 Å². The summed E-state index contributed by atoms with van der Waals surface area (Å²) in [6.45, 7) is 0.00525. The van der Waals surface area contributed by atoms with Gasteiger partial charge < -0.3 is 10.6 Å². The summed E-state index contributed by atoms with van der Waals surface area (Å²) < 4.78 is 13.6. The van der Waals surface area contributed by atoms with E-state index in [1.54, 1.807) is 24.4 Å². The van der Waals surface area contributed by atoms with Gasteiger partial charge in [0.05, 0.1) is 11.7 Å². The van der Waals surface area contributed by atoms with E-state index in [9.17, 15) is 9.18 Å². The summed E-state index contributed by atoms with van der Waals surface area (Å²) in [5, 5.41) is 13.1. The van der Waals surface area contributed by atoms with Gasteiger partial charge in [0.25, 0.3) is 0 Å². The third-order valence-corrected chi connectivity index (χ3v) is 3.54. The Morgan fingerprint density at radius 1 is 1.32 bits per heavy atom. The van der Waals surface area contributed by atoms with E-state index < -0.39 is 11.8 Å². The summed E-state index contributed by atoms with van der Waals surface area (Å²) in [4.78, 5) is 11.9. The number of carbonyl (C=O) groups is 1. The first-order chi connectivity index (χ1) is 10.6. The minimum atomic E-state index is -0.451. The number of H-pyrrole nitrogens is 1. The minimum absolute atomic E-state index is 0.00525. The van der Waals surface area contributed by atoms with E-state index in [0.29, 0.717) is 5.69 Å². The van der Waals surface area contributed by atoms with Gasteiger partial charge in [0, 0.05) is 28.2 Å². The van der Waals surface area contributed by atoms with Crippen LogP contribution in [0.25, 0.3) is 10.9 Å². The van der Waals surface area contributed by atoms with Crippen LogP contribution < -0.4 is 10.6 Å². The van der Waals surface area contributed by atoms with E-state index in [1.807, 2.05) is 6.07 Å². The van der Waals surface area contributed by atoms with Gasteiger partial charge >= 0.3 is 6.03 Å². The molecule has 112 valence electrons. The third kappa shape index (κ3) is 3.01. The molecule has 0 unspecified atom stereocenters. The van der Waals surface area contributed by atoms with Crippen LogP contribution in [-0.4, -0.2) is 16.2 Å². The molecule has 0 aliphatic rings. The average molecular weight is 319 g/mol. The molecule has 3 N–H and O–H groups in total. The number of rotatable bonds is 3. The number of nitrogens with zero attached hydrogens (tertiary/aromatic N) is 1. The number of aromatic amines is 1. The third-order valence-electron chi connectivity index (χ3n) is 3.19. The number of amides is 2. The lowest BCUT2D eigenvalue weighted by atomic mass is 10.2. The molecule has 0 spiro atoms. The Bertz CT molecular complexity index is 813. The fourth-order valence-electron chi connectivity index (χ4n) is 2.07. The summed E-state index contributed by atoms with van der Waals surface area (Å²) in [5.41, 5.74) is 1.75. The summed E-state index contributed by atoms with van der Waals surface area (Å²) in [7, 11) is 0. The van der Waals surface area contributed by atoms with Crippen molar-refractivity contribution in [3.8, 4) is 0 Å². The van der Waals surface area contributed by atoms with Gasteiger partial charge in [0.2, 0.25) is 0 Å². The smallest absolute Gasteiger partial charge is 0.319 e. The summed E-state index contributed by atoms with van der Waals surface area (Å²) in [6.07, 6.45) is 1.66. The lowest BCUT2D eigenvalue weighted by molar-refractivity contribution is 0.251. The number of aromatic nitrogens is 2. The summed E-state index contributed by atoms with van der Waals surface area (Å²) in [5.74, 6) is -0.451. The molecule has 5 nitrogen and oxygen atoms in total. The topological polar surface area (TPSA) is 69.8 Å². The molecular formula is C15H12ClFN4O. The van der Waals surface area contributed by atoms with Crippen molar-refractivity contribution in [2.24, 2.45) is 0 Å². The molecule has 3 aromatic rings. The zero-order valence-electron chi connectivity index (χ0n) is 11.4. The Morgan fingerprint density at radius 3 is 3.00 bits per heavy atom. The van der Waals surface area contributed by atoms with Crippen LogP contribution in [-0.2, 0) is 6.54 Å². The van der Waals surface area contributed by atoms with Crippen LogP contribution in [0.2, 0.25) is 5.02 Å². The molecule has 22 heavy (non-hydrogen) atoms. The number of nitrogens with one attached hydrogen (secondary N) is 3. The Kier molecular flexibility index (Phi) is 3.93. The maximum atomic E-state index is 13.6. The van der Waals surface area contributed by atoms with Crippen LogP contribution >= 0.6 is 11.6 Å². The molecule has 0 saturated carbocycles. The van der Waals surface area contributed by atoms with E-state index in [2.05, 4.69) is 20.8 Å². The highest BCUT2D eigenvalue weighted by Crippen LogP contribution is 2.19. The monoisotopic (exact) mass is 318 g/mol. The number of urea groups is 1. The number of carbonyl (C=O) groups excluding carboxylic acids is 1. The fraction of sp³-hybridized carbons (Fsp3) is 0.0667. The van der Waals surface area contributed by atoms with Crippen LogP contribution in [0.4, 0.5) is 14.9 Å². The molecule has 7 heteroatoms. The molecular weight excluding hydrogens is 307 g/mol. The molecule has 2 amide bonds. The van der Waals surface area contributed by atoms with Gasteiger partial charge in [-0.25, -0.2) is 9.18 Å². The Hall–Kier alpha value is -2.60. The normalized spacial score (nSPS) is 10.6. The van der Waals surface area contributed by atoms with Crippen LogP contribution in [0.3, 0.4) is 0 Å². The summed E-state index contributed by atoms with van der Waals surface area (Å²) in [6, 6.07) is 9.29. The molecule has 0 aliphatic heterocycles. The highest BCUT2D eigenvalue weighted by molar-refractivity contribution is 6.31. The van der Waals surface area contributed by atoms with Gasteiger partial charge in [-0.05, 0) is 30.3 Å². The second-order valence-electron chi connectivity index (χ2n) is 4.68. The molecule has 1 heterocycles. The number of hydrogen-bond donors (Lipinski definition) is 3. The van der Waals surface area contributed by atoms with Crippen LogP contribution in [0.1, 0.15) is 5.56 Å². The zero-order valence-corrected chi connectivity index (χ0v) is 12.1. The Labute approximate surface area is 130 Å². The lowest BCUT2D eigenvalue weighted by Gasteiger charge is -2.09. The molecule has 3 rings (SSSR count). The maximum Gasteiger partial charge on any atom is 0.319 e. The van der Waals surface area contributed by atoms with Crippen molar-refractivity contribution in [1.82, 2.24) is 15.5 Å². The van der Waals surface area contributed by atoms with E-state index in [1.165, 1.54) is 12.1 Å². The predicted molar refractivity (Wildman–Crippen MR) is 83.4 cm³/mol. The lowest BCUT2D eigenvalue weighted by Crippen LogP contribution is -2.28. The maximum absolute atomic E-state index is 13.6. The SMILES string of the molecule is O=C(NCc1c(F)cccc1Cl)Nc1ccc2[nH]ncc2c1. The van der Waals surface area contributed by atoms with Gasteiger partial charge in [0.15, 0.2) is 0 Å². The zero-order chi connectivity index (χ0) is 15.5. The van der Waals surface area contributed by atoms with Crippen molar-refractivity contribution < 1.29 is 9.18 Å². The molecule has 0 saturated heterocycles. The van der Waals surface area contributed by atoms with E-state index in [0.717, 1.165) is 10.9 Å². The van der Waals surface area contributed by atoms with E-state index in [4.69, 9.17) is 11.6 Å². The van der Waals surface area contributed by atoms with Crippen molar-refractivity contribution >= 4 is 34.2 Å². The first kappa shape index (κ1) is 14.3. The number of fused-ring (bicyclic) bond motifs is 1. The van der Waals surface area contributed by atoms with Crippen molar-refractivity contribution in [1.29, 1.82) is 0 Å². The number of benzene rings is 2. The van der Waals surface area contributed by atoms with Gasteiger partial charge in [-0.1, -0.05) is 17.7 Å². The first-order valence-corrected chi connectivity index (χ1v) is 6.92. The minimum Gasteiger partial charge on any atom is -0.334 e. The number of hydrogen-bond acceptors (Lipinski definition) is 2. The largest absolute Gasteiger partial charge is 0.334 e. The quantitative estimate of drug-likeness (QED) is 0.689. The average Bonchev–Trinajstić information content (AvgIpc) is 2.94. The van der Waals surface area contributed by atoms with Crippen LogP contribution in [0, 0.1) is 5.82 Å². The Morgan fingerprint density at radius 2 is 2.18 bits per heavy atom. The van der Waals surface area contributed by atoms with Crippen molar-refractivity contribution in [2.75, 3.05) is 5.32 Å². The van der Waals surface area contributed by atoms with Gasteiger partial charge in [0.1, 0.15) is 5.82 Å². The second kappa shape index (κ2) is 6.03. The van der Waals surface area contributed by atoms with E-state index in [-0.39, 0.29) is 17.1 Å². The molecule has 0 bridgehead atoms. The van der Waals surface area contributed by atoms with Crippen LogP contribution in [0.5, 0.6) is 0 Å². The number of anilines is 1. The standard InChI is InChI=1S/C15H12ClFN4O/c16-12-2-1-3-13(17)11(12)8-18-15(22)20-10-4-5-14-9(6-10)7-19-21-14/h1-7H,8H2,(H,19,21)(H2,18,20,22). The van der Waals surface area contributed by atoms with Crippen LogP contribution in [0.15, 0.2) is 42.6 Å². The van der Waals surface area contributed by atoms with Crippen molar-refractivity contribution in [3.63, 3.8) is 0 Å².